The SMILES string of the molecule is CC1(Br)C(Br)C(Br)(Br)C(Br)(Br)C(C)(Br)C1(C)Br. The minimum atomic E-state index is -0.417. The topological polar surface area (TPSA) is 0 Å². The van der Waals surface area contributed by atoms with Gasteiger partial charge in [-0.25, -0.2) is 0 Å². The lowest BCUT2D eigenvalue weighted by Crippen LogP contribution is -2.75. The van der Waals surface area contributed by atoms with Gasteiger partial charge < -0.3 is 0 Å². The third-order valence-electron chi connectivity index (χ3n) is 3.60. The Kier molecular flexibility index (Phi) is 5.77. The number of rotatable bonds is 0. The van der Waals surface area contributed by atoms with Crippen LogP contribution in [0.5, 0.6) is 0 Å². The number of halogens is 8. The largest absolute Gasteiger partial charge is 0.123 e. The van der Waals surface area contributed by atoms with Crippen molar-refractivity contribution in [3.63, 3.8) is 0 Å². The molecule has 0 aromatic carbocycles. The summed E-state index contributed by atoms with van der Waals surface area (Å²) in [6.07, 6.45) is 0. The van der Waals surface area contributed by atoms with Crippen molar-refractivity contribution in [2.75, 3.05) is 0 Å². The molecule has 17 heavy (non-hydrogen) atoms. The van der Waals surface area contributed by atoms with Gasteiger partial charge in [-0.05, 0) is 20.8 Å². The van der Waals surface area contributed by atoms with E-state index in [9.17, 15) is 0 Å². The van der Waals surface area contributed by atoms with Crippen LogP contribution in [0.25, 0.3) is 0 Å². The Hall–Kier alpha value is 3.84. The Balaban J connectivity index is 3.56. The van der Waals surface area contributed by atoms with Gasteiger partial charge in [-0.15, -0.1) is 0 Å². The summed E-state index contributed by atoms with van der Waals surface area (Å²) in [7, 11) is 0. The molecule has 4 unspecified atom stereocenters. The summed E-state index contributed by atoms with van der Waals surface area (Å²) >= 11 is 30.5. The third-order valence-corrected chi connectivity index (χ3v) is 20.5. The zero-order chi connectivity index (χ0) is 14.1. The lowest BCUT2D eigenvalue weighted by molar-refractivity contribution is 0.317. The molecule has 0 heterocycles. The predicted molar refractivity (Wildman–Crippen MR) is 106 cm³/mol. The summed E-state index contributed by atoms with van der Waals surface area (Å²) in [6.45, 7) is 6.46. The molecule has 102 valence electrons. The van der Waals surface area contributed by atoms with Crippen molar-refractivity contribution in [2.45, 2.75) is 45.0 Å². The van der Waals surface area contributed by atoms with Crippen molar-refractivity contribution in [1.82, 2.24) is 0 Å². The molecule has 1 fully saturated rings. The van der Waals surface area contributed by atoms with Crippen molar-refractivity contribution in [3.05, 3.63) is 0 Å². The van der Waals surface area contributed by atoms with Gasteiger partial charge in [0, 0.05) is 0 Å². The first kappa shape index (κ1) is 18.9. The van der Waals surface area contributed by atoms with Crippen LogP contribution in [0, 0.1) is 0 Å². The van der Waals surface area contributed by atoms with E-state index in [1.54, 1.807) is 0 Å². The summed E-state index contributed by atoms with van der Waals surface area (Å²) in [5, 5.41) is 0. The highest BCUT2D eigenvalue weighted by atomic mass is 79.9. The van der Waals surface area contributed by atoms with Crippen LogP contribution in [0.2, 0.25) is 0 Å². The molecule has 0 aromatic rings. The van der Waals surface area contributed by atoms with E-state index in [1.165, 1.54) is 0 Å². The fraction of sp³-hybridized carbons (Fsp3) is 1.00. The Labute approximate surface area is 170 Å². The molecule has 1 aliphatic rings. The second-order valence-electron chi connectivity index (χ2n) is 4.64. The standard InChI is InChI=1S/C9H10Br8/c1-5(11)4(10)8(14,15)9(16,17)7(3,13)6(5,2)12/h4H,1-3H3. The van der Waals surface area contributed by atoms with Crippen LogP contribution in [-0.2, 0) is 0 Å². The molecule has 0 spiro atoms. The Bertz CT molecular complexity index is 300. The fourth-order valence-electron chi connectivity index (χ4n) is 1.80. The third kappa shape index (κ3) is 2.35. The fourth-order valence-corrected chi connectivity index (χ4v) is 10.4. The van der Waals surface area contributed by atoms with Crippen molar-refractivity contribution in [1.29, 1.82) is 0 Å². The van der Waals surface area contributed by atoms with Gasteiger partial charge in [0.05, 0.1) is 17.8 Å². The van der Waals surface area contributed by atoms with E-state index in [4.69, 9.17) is 0 Å². The molecule has 1 aliphatic carbocycles. The quantitative estimate of drug-likeness (QED) is 0.230. The molecule has 0 aromatic heterocycles. The monoisotopic (exact) mass is 749 g/mol. The molecule has 0 nitrogen and oxygen atoms in total. The highest BCUT2D eigenvalue weighted by Crippen LogP contribution is 2.73. The van der Waals surface area contributed by atoms with Crippen LogP contribution >= 0.6 is 127 Å². The molecule has 0 bridgehead atoms. The van der Waals surface area contributed by atoms with Crippen LogP contribution in [-0.4, -0.2) is 24.3 Å². The van der Waals surface area contributed by atoms with Gasteiger partial charge in [-0.2, -0.15) is 0 Å². The molecular weight excluding hydrogens is 747 g/mol. The second kappa shape index (κ2) is 5.19. The molecular formula is C9H10Br8. The maximum absolute atomic E-state index is 3.88. The normalized spacial score (nSPS) is 53.5. The van der Waals surface area contributed by atoms with Crippen molar-refractivity contribution in [3.8, 4) is 0 Å². The number of hydrogen-bond donors (Lipinski definition) is 0. The summed E-state index contributed by atoms with van der Waals surface area (Å²) in [5.74, 6) is 0. The van der Waals surface area contributed by atoms with Crippen molar-refractivity contribution in [2.24, 2.45) is 0 Å². The van der Waals surface area contributed by atoms with Gasteiger partial charge in [0.2, 0.25) is 0 Å². The average Bonchev–Trinajstić information content (AvgIpc) is 2.13. The van der Waals surface area contributed by atoms with Crippen molar-refractivity contribution >= 4 is 127 Å². The average molecular weight is 757 g/mol. The second-order valence-corrected chi connectivity index (χ2v) is 17.4. The minimum Gasteiger partial charge on any atom is -0.0849 e. The van der Waals surface area contributed by atoms with E-state index in [-0.39, 0.29) is 17.8 Å². The first-order chi connectivity index (χ1) is 7.15. The summed E-state index contributed by atoms with van der Waals surface area (Å²) in [5.41, 5.74) is 0. The van der Waals surface area contributed by atoms with E-state index in [0.717, 1.165) is 0 Å². The van der Waals surface area contributed by atoms with Crippen LogP contribution in [0.4, 0.5) is 0 Å². The van der Waals surface area contributed by atoms with E-state index in [2.05, 4.69) is 148 Å². The summed E-state index contributed by atoms with van der Waals surface area (Å²) < 4.78 is -1.52. The zero-order valence-electron chi connectivity index (χ0n) is 9.10. The van der Waals surface area contributed by atoms with Crippen molar-refractivity contribution < 1.29 is 0 Å². The van der Waals surface area contributed by atoms with Gasteiger partial charge in [0.1, 0.15) is 6.47 Å². The zero-order valence-corrected chi connectivity index (χ0v) is 21.8. The summed E-state index contributed by atoms with van der Waals surface area (Å²) in [6, 6.07) is 0. The van der Waals surface area contributed by atoms with E-state index < -0.39 is 6.47 Å². The van der Waals surface area contributed by atoms with Gasteiger partial charge >= 0.3 is 0 Å². The van der Waals surface area contributed by atoms with Gasteiger partial charge in [-0.1, -0.05) is 127 Å². The first-order valence-corrected chi connectivity index (χ1v) is 11.1. The Morgan fingerprint density at radius 3 is 1.41 bits per heavy atom. The van der Waals surface area contributed by atoms with Gasteiger partial charge in [0.25, 0.3) is 0 Å². The predicted octanol–water partition coefficient (Wildman–Crippen LogP) is 7.20. The van der Waals surface area contributed by atoms with Crippen LogP contribution in [0.1, 0.15) is 20.8 Å². The molecule has 4 atom stereocenters. The van der Waals surface area contributed by atoms with Crippen LogP contribution < -0.4 is 0 Å². The molecule has 1 rings (SSSR count). The molecule has 8 heteroatoms. The first-order valence-electron chi connectivity index (χ1n) is 4.62. The molecule has 0 radical (unpaired) electrons. The number of hydrogen-bond acceptors (Lipinski definition) is 0. The molecule has 0 amide bonds. The van der Waals surface area contributed by atoms with Gasteiger partial charge in [0.15, 0.2) is 0 Å². The lowest BCUT2D eigenvalue weighted by atomic mass is 9.73. The Morgan fingerprint density at radius 2 is 1.06 bits per heavy atom. The lowest BCUT2D eigenvalue weighted by Gasteiger charge is -2.64. The molecule has 0 aliphatic heterocycles. The highest BCUT2D eigenvalue weighted by molar-refractivity contribution is 9.31. The highest BCUT2D eigenvalue weighted by Gasteiger charge is 2.75. The Morgan fingerprint density at radius 1 is 0.706 bits per heavy atom. The minimum absolute atomic E-state index is 0.108. The maximum atomic E-state index is 3.88. The van der Waals surface area contributed by atoms with E-state index >= 15 is 0 Å². The smallest absolute Gasteiger partial charge is 0.0849 e. The van der Waals surface area contributed by atoms with E-state index in [0.29, 0.717) is 0 Å². The number of alkyl halides is 8. The molecule has 0 saturated heterocycles. The van der Waals surface area contributed by atoms with E-state index in [1.807, 2.05) is 0 Å². The summed E-state index contributed by atoms with van der Waals surface area (Å²) in [4.78, 5) is 0.108. The van der Waals surface area contributed by atoms with Crippen LogP contribution in [0.15, 0.2) is 0 Å². The molecule has 0 N–H and O–H groups in total. The van der Waals surface area contributed by atoms with Gasteiger partial charge in [-0.3, -0.25) is 0 Å². The van der Waals surface area contributed by atoms with Crippen LogP contribution in [0.3, 0.4) is 0 Å². The molecule has 1 saturated carbocycles. The maximum Gasteiger partial charge on any atom is 0.123 e.